The van der Waals surface area contributed by atoms with E-state index < -0.39 is 6.04 Å². The van der Waals surface area contributed by atoms with E-state index in [-0.39, 0.29) is 17.9 Å². The first-order valence-corrected chi connectivity index (χ1v) is 9.78. The molecule has 0 saturated carbocycles. The number of rotatable bonds is 8. The van der Waals surface area contributed by atoms with Gasteiger partial charge in [0.15, 0.2) is 0 Å². The maximum atomic E-state index is 12.6. The highest BCUT2D eigenvalue weighted by atomic mass is 79.9. The Morgan fingerprint density at radius 1 is 1.04 bits per heavy atom. The minimum atomic E-state index is -0.636. The molecular formula is C21H25BrN2O3. The van der Waals surface area contributed by atoms with Gasteiger partial charge in [-0.05, 0) is 38.5 Å². The van der Waals surface area contributed by atoms with E-state index in [1.807, 2.05) is 44.2 Å². The molecule has 0 fully saturated rings. The van der Waals surface area contributed by atoms with Crippen molar-refractivity contribution in [1.29, 1.82) is 0 Å². The van der Waals surface area contributed by atoms with E-state index in [1.165, 1.54) is 0 Å². The van der Waals surface area contributed by atoms with E-state index in [2.05, 4.69) is 26.6 Å². The minimum Gasteiger partial charge on any atom is -0.488 e. The maximum absolute atomic E-state index is 12.6. The zero-order valence-corrected chi connectivity index (χ0v) is 17.4. The van der Waals surface area contributed by atoms with E-state index in [0.29, 0.717) is 17.9 Å². The highest BCUT2D eigenvalue weighted by Gasteiger charge is 2.20. The first-order chi connectivity index (χ1) is 12.9. The number of hydrogen-bond donors (Lipinski definition) is 2. The quantitative estimate of drug-likeness (QED) is 0.660. The van der Waals surface area contributed by atoms with Crippen molar-refractivity contribution in [2.75, 3.05) is 0 Å². The smallest absolute Gasteiger partial charge is 0.255 e. The van der Waals surface area contributed by atoms with Gasteiger partial charge >= 0.3 is 0 Å². The number of halogens is 1. The summed E-state index contributed by atoms with van der Waals surface area (Å²) >= 11 is 3.49. The highest BCUT2D eigenvalue weighted by Crippen LogP contribution is 2.22. The molecule has 6 heteroatoms. The van der Waals surface area contributed by atoms with Crippen LogP contribution in [-0.2, 0) is 11.4 Å². The molecule has 2 N–H and O–H groups in total. The van der Waals surface area contributed by atoms with E-state index in [1.54, 1.807) is 25.1 Å². The first-order valence-electron chi connectivity index (χ1n) is 8.98. The van der Waals surface area contributed by atoms with Crippen molar-refractivity contribution < 1.29 is 14.3 Å². The van der Waals surface area contributed by atoms with Crippen LogP contribution in [0.1, 0.15) is 43.1 Å². The van der Waals surface area contributed by atoms with Crippen LogP contribution in [0, 0.1) is 0 Å². The van der Waals surface area contributed by atoms with Gasteiger partial charge in [0.25, 0.3) is 5.91 Å². The number of para-hydroxylation sites is 1. The Morgan fingerprint density at radius 3 is 2.41 bits per heavy atom. The third-order valence-corrected chi connectivity index (χ3v) is 4.99. The fourth-order valence-electron chi connectivity index (χ4n) is 2.36. The van der Waals surface area contributed by atoms with Crippen LogP contribution in [0.5, 0.6) is 5.75 Å². The Hall–Kier alpha value is -2.34. The second-order valence-electron chi connectivity index (χ2n) is 6.39. The summed E-state index contributed by atoms with van der Waals surface area (Å²) in [6.45, 7) is 5.92. The lowest BCUT2D eigenvalue weighted by Crippen LogP contribution is -2.47. The van der Waals surface area contributed by atoms with Crippen LogP contribution in [0.2, 0.25) is 0 Å². The molecule has 0 spiro atoms. The predicted molar refractivity (Wildman–Crippen MR) is 110 cm³/mol. The second-order valence-corrected chi connectivity index (χ2v) is 7.24. The summed E-state index contributed by atoms with van der Waals surface area (Å²) < 4.78 is 6.80. The number of carbonyl (C=O) groups excluding carboxylic acids is 2. The van der Waals surface area contributed by atoms with Crippen LogP contribution in [0.4, 0.5) is 0 Å². The van der Waals surface area contributed by atoms with Crippen LogP contribution in [0.15, 0.2) is 53.0 Å². The summed E-state index contributed by atoms with van der Waals surface area (Å²) in [5, 5.41) is 5.60. The zero-order chi connectivity index (χ0) is 19.8. The van der Waals surface area contributed by atoms with Crippen molar-refractivity contribution in [2.24, 2.45) is 0 Å². The summed E-state index contributed by atoms with van der Waals surface area (Å²) in [6, 6.07) is 14.2. The van der Waals surface area contributed by atoms with Crippen LogP contribution < -0.4 is 15.4 Å². The molecule has 144 valence electrons. The molecule has 0 aliphatic heterocycles. The van der Waals surface area contributed by atoms with Gasteiger partial charge in [-0.1, -0.05) is 53.2 Å². The third kappa shape index (κ3) is 6.10. The molecule has 0 bridgehead atoms. The standard InChI is InChI=1S/C21H25BrN2O3/c1-4-14(2)23-20(25)15(3)24-21(26)17-10-6-8-12-19(17)27-13-16-9-5-7-11-18(16)22/h5-12,14-15H,4,13H2,1-3H3,(H,23,25)(H,24,26). The summed E-state index contributed by atoms with van der Waals surface area (Å²) in [4.78, 5) is 24.8. The number of amides is 2. The van der Waals surface area contributed by atoms with Crippen LogP contribution in [0.3, 0.4) is 0 Å². The Morgan fingerprint density at radius 2 is 1.70 bits per heavy atom. The van der Waals surface area contributed by atoms with Crippen molar-refractivity contribution in [3.8, 4) is 5.75 Å². The maximum Gasteiger partial charge on any atom is 0.255 e. The van der Waals surface area contributed by atoms with Gasteiger partial charge in [0.05, 0.1) is 5.56 Å². The zero-order valence-electron chi connectivity index (χ0n) is 15.8. The van der Waals surface area contributed by atoms with Crippen LogP contribution >= 0.6 is 15.9 Å². The number of benzene rings is 2. The lowest BCUT2D eigenvalue weighted by Gasteiger charge is -2.18. The molecule has 0 aliphatic carbocycles. The molecule has 0 saturated heterocycles. The van der Waals surface area contributed by atoms with E-state index in [0.717, 1.165) is 16.5 Å². The predicted octanol–water partition coefficient (Wildman–Crippen LogP) is 4.06. The Kier molecular flexibility index (Phi) is 7.85. The highest BCUT2D eigenvalue weighted by molar-refractivity contribution is 9.10. The van der Waals surface area contributed by atoms with Gasteiger partial charge in [-0.25, -0.2) is 0 Å². The molecule has 2 amide bonds. The lowest BCUT2D eigenvalue weighted by molar-refractivity contribution is -0.123. The molecule has 5 nitrogen and oxygen atoms in total. The SMILES string of the molecule is CCC(C)NC(=O)C(C)NC(=O)c1ccccc1OCc1ccccc1Br. The number of ether oxygens (including phenoxy) is 1. The molecule has 2 aromatic rings. The summed E-state index contributed by atoms with van der Waals surface area (Å²) in [7, 11) is 0. The van der Waals surface area contributed by atoms with Gasteiger partial charge in [0, 0.05) is 16.1 Å². The van der Waals surface area contributed by atoms with E-state index >= 15 is 0 Å². The van der Waals surface area contributed by atoms with Crippen molar-refractivity contribution in [2.45, 2.75) is 45.9 Å². The van der Waals surface area contributed by atoms with Crippen LogP contribution in [-0.4, -0.2) is 23.9 Å². The van der Waals surface area contributed by atoms with Gasteiger partial charge in [0.1, 0.15) is 18.4 Å². The summed E-state index contributed by atoms with van der Waals surface area (Å²) in [5.74, 6) is -0.0749. The first kappa shape index (κ1) is 21.0. The topological polar surface area (TPSA) is 67.4 Å². The van der Waals surface area contributed by atoms with Gasteiger partial charge < -0.3 is 15.4 Å². The number of hydrogen-bond acceptors (Lipinski definition) is 3. The molecule has 27 heavy (non-hydrogen) atoms. The molecule has 2 aromatic carbocycles. The Bertz CT molecular complexity index is 795. The average Bonchev–Trinajstić information content (AvgIpc) is 2.67. The summed E-state index contributed by atoms with van der Waals surface area (Å²) in [5.41, 5.74) is 1.38. The lowest BCUT2D eigenvalue weighted by atomic mass is 10.1. The number of carbonyl (C=O) groups is 2. The number of nitrogens with one attached hydrogen (secondary N) is 2. The second kappa shape index (κ2) is 10.1. The molecule has 0 heterocycles. The van der Waals surface area contributed by atoms with Crippen molar-refractivity contribution in [3.05, 3.63) is 64.1 Å². The Balaban J connectivity index is 2.04. The molecule has 0 aromatic heterocycles. The van der Waals surface area contributed by atoms with Crippen molar-refractivity contribution in [1.82, 2.24) is 10.6 Å². The van der Waals surface area contributed by atoms with Crippen molar-refractivity contribution in [3.63, 3.8) is 0 Å². The molecule has 2 unspecified atom stereocenters. The fourth-order valence-corrected chi connectivity index (χ4v) is 2.76. The molecule has 0 aliphatic rings. The van der Waals surface area contributed by atoms with Crippen LogP contribution in [0.25, 0.3) is 0 Å². The van der Waals surface area contributed by atoms with Gasteiger partial charge in [-0.2, -0.15) is 0 Å². The van der Waals surface area contributed by atoms with E-state index in [4.69, 9.17) is 4.74 Å². The van der Waals surface area contributed by atoms with Gasteiger partial charge in [-0.15, -0.1) is 0 Å². The molecule has 0 radical (unpaired) electrons. The van der Waals surface area contributed by atoms with Gasteiger partial charge in [-0.3, -0.25) is 9.59 Å². The van der Waals surface area contributed by atoms with E-state index in [9.17, 15) is 9.59 Å². The van der Waals surface area contributed by atoms with Crippen molar-refractivity contribution >= 4 is 27.7 Å². The molecule has 2 atom stereocenters. The minimum absolute atomic E-state index is 0.0665. The molecular weight excluding hydrogens is 408 g/mol. The largest absolute Gasteiger partial charge is 0.488 e. The third-order valence-electron chi connectivity index (χ3n) is 4.21. The fraction of sp³-hybridized carbons (Fsp3) is 0.333. The monoisotopic (exact) mass is 432 g/mol. The van der Waals surface area contributed by atoms with Gasteiger partial charge in [0.2, 0.25) is 5.91 Å². The average molecular weight is 433 g/mol. The molecule has 2 rings (SSSR count). The summed E-state index contributed by atoms with van der Waals surface area (Å²) in [6.07, 6.45) is 0.831. The Labute approximate surface area is 168 Å². The normalized spacial score (nSPS) is 12.7.